The Balaban J connectivity index is 1.48. The summed E-state index contributed by atoms with van der Waals surface area (Å²) in [5.74, 6) is 1.54. The first-order valence-corrected chi connectivity index (χ1v) is 8.31. The molecule has 4 heterocycles. The predicted molar refractivity (Wildman–Crippen MR) is 97.9 cm³/mol. The molecule has 0 aromatic carbocycles. The molecule has 0 spiro atoms. The predicted octanol–water partition coefficient (Wildman–Crippen LogP) is 2.09. The summed E-state index contributed by atoms with van der Waals surface area (Å²) in [5.41, 5.74) is 2.65. The second kappa shape index (κ2) is 7.23. The summed E-state index contributed by atoms with van der Waals surface area (Å²) in [7, 11) is 0. The average Bonchev–Trinajstić information content (AvgIpc) is 2.70. The normalized spacial score (nSPS) is 14.3. The maximum absolute atomic E-state index is 4.55. The zero-order valence-electron chi connectivity index (χ0n) is 13.8. The second-order valence-corrected chi connectivity index (χ2v) is 5.77. The maximum Gasteiger partial charge on any atom is 0.227 e. The minimum atomic E-state index is 0.540. The van der Waals surface area contributed by atoms with Crippen molar-refractivity contribution >= 4 is 17.5 Å². The number of piperazine rings is 1. The monoisotopic (exact) mass is 333 g/mol. The van der Waals surface area contributed by atoms with E-state index in [4.69, 9.17) is 0 Å². The largest absolute Gasteiger partial charge is 0.354 e. The van der Waals surface area contributed by atoms with Gasteiger partial charge in [0.1, 0.15) is 5.82 Å². The lowest BCUT2D eigenvalue weighted by Crippen LogP contribution is -2.43. The van der Waals surface area contributed by atoms with Gasteiger partial charge < -0.3 is 15.5 Å². The molecule has 7 nitrogen and oxygen atoms in total. The third-order valence-corrected chi connectivity index (χ3v) is 4.06. The van der Waals surface area contributed by atoms with E-state index in [1.165, 1.54) is 0 Å². The number of rotatable bonds is 4. The quantitative estimate of drug-likeness (QED) is 0.757. The summed E-state index contributed by atoms with van der Waals surface area (Å²) in [6.07, 6.45) is 7.09. The molecule has 0 radical (unpaired) electrons. The lowest BCUT2D eigenvalue weighted by atomic mass is 10.2. The van der Waals surface area contributed by atoms with Crippen LogP contribution in [0.15, 0.2) is 55.1 Å². The van der Waals surface area contributed by atoms with Crippen molar-refractivity contribution in [2.75, 3.05) is 36.4 Å². The molecule has 1 saturated heterocycles. The van der Waals surface area contributed by atoms with Crippen LogP contribution in [-0.4, -0.2) is 46.1 Å². The van der Waals surface area contributed by atoms with Gasteiger partial charge in [-0.15, -0.1) is 0 Å². The summed E-state index contributed by atoms with van der Waals surface area (Å²) in [5, 5.41) is 6.55. The van der Waals surface area contributed by atoms with Gasteiger partial charge in [0, 0.05) is 50.3 Å². The van der Waals surface area contributed by atoms with E-state index in [9.17, 15) is 0 Å². The Hall–Kier alpha value is -3.06. The molecule has 4 rings (SSSR count). The SMILES string of the molecule is c1cncc(-c2ccnc(Nc3ccc(N4CCNCC4)nc3)n2)c1. The maximum atomic E-state index is 4.55. The van der Waals surface area contributed by atoms with Gasteiger partial charge in [0.05, 0.1) is 17.6 Å². The fourth-order valence-electron chi connectivity index (χ4n) is 2.76. The van der Waals surface area contributed by atoms with E-state index in [0.29, 0.717) is 5.95 Å². The zero-order chi connectivity index (χ0) is 16.9. The third-order valence-electron chi connectivity index (χ3n) is 4.06. The summed E-state index contributed by atoms with van der Waals surface area (Å²) >= 11 is 0. The Morgan fingerprint density at radius 2 is 1.88 bits per heavy atom. The lowest BCUT2D eigenvalue weighted by molar-refractivity contribution is 0.585. The Morgan fingerprint density at radius 3 is 2.64 bits per heavy atom. The minimum Gasteiger partial charge on any atom is -0.354 e. The molecule has 0 atom stereocenters. The standard InChI is InChI=1S/C18H19N7/c1-2-14(12-20-6-1)16-5-7-21-18(24-16)23-15-3-4-17(22-13-15)25-10-8-19-9-11-25/h1-7,12-13,19H,8-11H2,(H,21,23,24). The molecule has 0 saturated carbocycles. The zero-order valence-corrected chi connectivity index (χ0v) is 13.8. The van der Waals surface area contributed by atoms with Crippen LogP contribution >= 0.6 is 0 Å². The number of hydrogen-bond donors (Lipinski definition) is 2. The van der Waals surface area contributed by atoms with Crippen molar-refractivity contribution in [2.45, 2.75) is 0 Å². The van der Waals surface area contributed by atoms with E-state index in [1.54, 1.807) is 18.6 Å². The molecule has 1 fully saturated rings. The van der Waals surface area contributed by atoms with Crippen molar-refractivity contribution < 1.29 is 0 Å². The first-order chi connectivity index (χ1) is 12.4. The van der Waals surface area contributed by atoms with Gasteiger partial charge in [-0.25, -0.2) is 15.0 Å². The highest BCUT2D eigenvalue weighted by atomic mass is 15.2. The topological polar surface area (TPSA) is 78.9 Å². The molecular weight excluding hydrogens is 314 g/mol. The van der Waals surface area contributed by atoms with Crippen LogP contribution in [0.5, 0.6) is 0 Å². The van der Waals surface area contributed by atoms with Crippen LogP contribution in [0.3, 0.4) is 0 Å². The van der Waals surface area contributed by atoms with E-state index in [1.807, 2.05) is 36.5 Å². The molecule has 2 N–H and O–H groups in total. The van der Waals surface area contributed by atoms with Gasteiger partial charge in [0.2, 0.25) is 5.95 Å². The summed E-state index contributed by atoms with van der Waals surface area (Å²) < 4.78 is 0. The number of pyridine rings is 2. The molecule has 0 unspecified atom stereocenters. The third kappa shape index (κ3) is 3.72. The van der Waals surface area contributed by atoms with Crippen molar-refractivity contribution in [1.82, 2.24) is 25.3 Å². The highest BCUT2D eigenvalue weighted by molar-refractivity contribution is 5.61. The Labute approximate surface area is 146 Å². The molecule has 126 valence electrons. The van der Waals surface area contributed by atoms with Crippen LogP contribution in [0.1, 0.15) is 0 Å². The van der Waals surface area contributed by atoms with E-state index < -0.39 is 0 Å². The first-order valence-electron chi connectivity index (χ1n) is 8.31. The van der Waals surface area contributed by atoms with Crippen LogP contribution < -0.4 is 15.5 Å². The van der Waals surface area contributed by atoms with Crippen molar-refractivity contribution in [3.05, 3.63) is 55.1 Å². The molecule has 3 aromatic heterocycles. The Bertz CT molecular complexity index is 814. The molecular formula is C18H19N7. The number of nitrogens with one attached hydrogen (secondary N) is 2. The number of aromatic nitrogens is 4. The van der Waals surface area contributed by atoms with Crippen molar-refractivity contribution in [3.8, 4) is 11.3 Å². The number of anilines is 3. The van der Waals surface area contributed by atoms with Gasteiger partial charge in [-0.3, -0.25) is 4.98 Å². The Kier molecular flexibility index (Phi) is 4.47. The molecule has 0 aliphatic carbocycles. The van der Waals surface area contributed by atoms with Crippen LogP contribution in [-0.2, 0) is 0 Å². The fraction of sp³-hybridized carbons (Fsp3) is 0.222. The summed E-state index contributed by atoms with van der Waals surface area (Å²) in [6.45, 7) is 3.96. The van der Waals surface area contributed by atoms with E-state index in [-0.39, 0.29) is 0 Å². The smallest absolute Gasteiger partial charge is 0.227 e. The first kappa shape index (κ1) is 15.5. The van der Waals surface area contributed by atoms with Crippen LogP contribution in [0.25, 0.3) is 11.3 Å². The molecule has 0 amide bonds. The summed E-state index contributed by atoms with van der Waals surface area (Å²) in [4.78, 5) is 19.8. The summed E-state index contributed by atoms with van der Waals surface area (Å²) in [6, 6.07) is 9.77. The van der Waals surface area contributed by atoms with Gasteiger partial charge in [0.15, 0.2) is 0 Å². The second-order valence-electron chi connectivity index (χ2n) is 5.77. The molecule has 0 bridgehead atoms. The fourth-order valence-corrected chi connectivity index (χ4v) is 2.76. The minimum absolute atomic E-state index is 0.540. The van der Waals surface area contributed by atoms with Gasteiger partial charge >= 0.3 is 0 Å². The van der Waals surface area contributed by atoms with E-state index in [0.717, 1.165) is 48.9 Å². The van der Waals surface area contributed by atoms with Crippen LogP contribution in [0.4, 0.5) is 17.5 Å². The molecule has 3 aromatic rings. The van der Waals surface area contributed by atoms with Gasteiger partial charge in [-0.2, -0.15) is 0 Å². The van der Waals surface area contributed by atoms with Gasteiger partial charge in [0.25, 0.3) is 0 Å². The average molecular weight is 333 g/mol. The van der Waals surface area contributed by atoms with Gasteiger partial charge in [-0.05, 0) is 30.3 Å². The molecule has 25 heavy (non-hydrogen) atoms. The van der Waals surface area contributed by atoms with Gasteiger partial charge in [-0.1, -0.05) is 0 Å². The lowest BCUT2D eigenvalue weighted by Gasteiger charge is -2.28. The molecule has 1 aliphatic rings. The highest BCUT2D eigenvalue weighted by Gasteiger charge is 2.11. The van der Waals surface area contributed by atoms with Crippen LogP contribution in [0.2, 0.25) is 0 Å². The molecule has 1 aliphatic heterocycles. The van der Waals surface area contributed by atoms with Crippen LogP contribution in [0, 0.1) is 0 Å². The number of hydrogen-bond acceptors (Lipinski definition) is 7. The molecule has 7 heteroatoms. The Morgan fingerprint density at radius 1 is 0.960 bits per heavy atom. The van der Waals surface area contributed by atoms with Crippen molar-refractivity contribution in [1.29, 1.82) is 0 Å². The van der Waals surface area contributed by atoms with E-state index in [2.05, 4.69) is 35.5 Å². The van der Waals surface area contributed by atoms with E-state index >= 15 is 0 Å². The van der Waals surface area contributed by atoms with Crippen molar-refractivity contribution in [3.63, 3.8) is 0 Å². The highest BCUT2D eigenvalue weighted by Crippen LogP contribution is 2.19. The number of nitrogens with zero attached hydrogens (tertiary/aromatic N) is 5. The van der Waals surface area contributed by atoms with Crippen molar-refractivity contribution in [2.24, 2.45) is 0 Å².